The van der Waals surface area contributed by atoms with Gasteiger partial charge in [-0.3, -0.25) is 9.59 Å². The number of likely N-dealkylation sites (N-methyl/N-ethyl adjacent to an activating group) is 1. The van der Waals surface area contributed by atoms with Crippen molar-refractivity contribution < 1.29 is 28.5 Å². The molecule has 3 atom stereocenters. The molecule has 3 aliphatic heterocycles. The Kier molecular flexibility index (Phi) is 29.5. The monoisotopic (exact) mass is 819 g/mol. The first-order chi connectivity index (χ1) is 28.4. The molecule has 8 heteroatoms. The van der Waals surface area contributed by atoms with Gasteiger partial charge in [-0.25, -0.2) is 0 Å². The molecular formula is C50H94N2O6. The average molecular weight is 819 g/mol. The van der Waals surface area contributed by atoms with E-state index in [0.29, 0.717) is 37.9 Å². The van der Waals surface area contributed by atoms with Gasteiger partial charge in [0.1, 0.15) is 0 Å². The van der Waals surface area contributed by atoms with Crippen LogP contribution < -0.4 is 0 Å². The molecule has 3 unspecified atom stereocenters. The number of carbonyl (C=O) groups excluding carboxylic acids is 2. The maximum Gasteiger partial charge on any atom is 0.306 e. The van der Waals surface area contributed by atoms with Crippen LogP contribution in [-0.4, -0.2) is 93.2 Å². The standard InChI is InChI=1S/C50H94N2O6/c1-4-6-28-45-30-22-16-17-23-31-46(29-7-5-2)43-49(54)56-41-27-21-15-11-9-13-19-25-34-50(33-24-18-12-8-10-14-20-26-40-55-48(53)42-45)57-44-47(58-50)32-35-52-38-36-51(3)37-39-52/h45-47H,4-44H2,1-3H3. The van der Waals surface area contributed by atoms with E-state index in [0.717, 1.165) is 110 Å². The van der Waals surface area contributed by atoms with Gasteiger partial charge >= 0.3 is 11.9 Å². The van der Waals surface area contributed by atoms with Crippen LogP contribution in [0.2, 0.25) is 0 Å². The highest BCUT2D eigenvalue weighted by Crippen LogP contribution is 2.36. The lowest BCUT2D eigenvalue weighted by Crippen LogP contribution is -2.45. The lowest BCUT2D eigenvalue weighted by atomic mass is 9.90. The predicted molar refractivity (Wildman–Crippen MR) is 240 cm³/mol. The third kappa shape index (κ3) is 24.9. The van der Waals surface area contributed by atoms with Gasteiger partial charge in [0.05, 0.1) is 25.9 Å². The van der Waals surface area contributed by atoms with E-state index in [1.807, 2.05) is 0 Å². The van der Waals surface area contributed by atoms with Crippen molar-refractivity contribution >= 4 is 11.9 Å². The van der Waals surface area contributed by atoms with Crippen LogP contribution in [0.5, 0.6) is 0 Å². The second kappa shape index (κ2) is 33.4. The molecule has 0 bridgehead atoms. The van der Waals surface area contributed by atoms with E-state index in [2.05, 4.69) is 30.7 Å². The number of esters is 2. The quantitative estimate of drug-likeness (QED) is 0.213. The number of piperazine rings is 1. The molecule has 0 radical (unpaired) electrons. The molecule has 0 amide bonds. The van der Waals surface area contributed by atoms with Crippen molar-refractivity contribution in [1.29, 1.82) is 0 Å². The average Bonchev–Trinajstić information content (AvgIpc) is 3.63. The fraction of sp³-hybridized carbons (Fsp3) is 0.960. The zero-order chi connectivity index (χ0) is 41.4. The molecule has 3 rings (SSSR count). The molecule has 0 aromatic carbocycles. The van der Waals surface area contributed by atoms with Crippen molar-refractivity contribution in [2.75, 3.05) is 59.6 Å². The normalized spacial score (nSPS) is 28.9. The van der Waals surface area contributed by atoms with Crippen LogP contribution >= 0.6 is 0 Å². The van der Waals surface area contributed by atoms with Gasteiger partial charge in [0.25, 0.3) is 0 Å². The molecule has 1 spiro atoms. The molecule has 0 saturated carbocycles. The number of hydrogen-bond acceptors (Lipinski definition) is 8. The summed E-state index contributed by atoms with van der Waals surface area (Å²) in [6, 6.07) is 0. The summed E-state index contributed by atoms with van der Waals surface area (Å²) in [6.45, 7) is 12.1. The minimum absolute atomic E-state index is 0.00817. The molecule has 58 heavy (non-hydrogen) atoms. The van der Waals surface area contributed by atoms with Crippen molar-refractivity contribution in [3.63, 3.8) is 0 Å². The number of hydrogen-bond donors (Lipinski definition) is 0. The van der Waals surface area contributed by atoms with Crippen LogP contribution in [0.3, 0.4) is 0 Å². The summed E-state index contributed by atoms with van der Waals surface area (Å²) in [5.74, 6) is 0.524. The Morgan fingerprint density at radius 1 is 0.552 bits per heavy atom. The van der Waals surface area contributed by atoms with Gasteiger partial charge in [0.15, 0.2) is 5.79 Å². The van der Waals surface area contributed by atoms with Gasteiger partial charge in [0, 0.05) is 58.4 Å². The van der Waals surface area contributed by atoms with Crippen molar-refractivity contribution in [2.24, 2.45) is 11.8 Å². The summed E-state index contributed by atoms with van der Waals surface area (Å²) in [7, 11) is 2.22. The number of ether oxygens (including phenoxy) is 4. The summed E-state index contributed by atoms with van der Waals surface area (Å²) in [5.41, 5.74) is 0. The maximum absolute atomic E-state index is 12.8. The lowest BCUT2D eigenvalue weighted by Gasteiger charge is -2.33. The first-order valence-electron chi connectivity index (χ1n) is 25.4. The van der Waals surface area contributed by atoms with E-state index in [1.165, 1.54) is 128 Å². The van der Waals surface area contributed by atoms with Crippen molar-refractivity contribution in [3.05, 3.63) is 0 Å². The first kappa shape index (κ1) is 51.1. The van der Waals surface area contributed by atoms with Crippen LogP contribution in [0.25, 0.3) is 0 Å². The molecule has 8 nitrogen and oxygen atoms in total. The number of rotatable bonds is 9. The Morgan fingerprint density at radius 3 is 1.45 bits per heavy atom. The van der Waals surface area contributed by atoms with E-state index < -0.39 is 0 Å². The van der Waals surface area contributed by atoms with E-state index in [-0.39, 0.29) is 23.8 Å². The van der Waals surface area contributed by atoms with Gasteiger partial charge in [-0.15, -0.1) is 0 Å². The smallest absolute Gasteiger partial charge is 0.306 e. The van der Waals surface area contributed by atoms with E-state index in [9.17, 15) is 9.59 Å². The number of unbranched alkanes of at least 4 members (excludes halogenated alkanes) is 2. The van der Waals surface area contributed by atoms with Crippen molar-refractivity contribution in [3.8, 4) is 0 Å². The molecule has 3 saturated heterocycles. The molecule has 3 aliphatic rings. The molecule has 0 aromatic heterocycles. The summed E-state index contributed by atoms with van der Waals surface area (Å²) < 4.78 is 24.9. The summed E-state index contributed by atoms with van der Waals surface area (Å²) >= 11 is 0. The molecule has 0 aromatic rings. The lowest BCUT2D eigenvalue weighted by molar-refractivity contribution is -0.180. The van der Waals surface area contributed by atoms with Crippen LogP contribution in [0, 0.1) is 11.8 Å². The van der Waals surface area contributed by atoms with Gasteiger partial charge in [-0.1, -0.05) is 142 Å². The zero-order valence-corrected chi connectivity index (χ0v) is 38.6. The van der Waals surface area contributed by atoms with E-state index >= 15 is 0 Å². The van der Waals surface area contributed by atoms with Crippen molar-refractivity contribution in [2.45, 2.75) is 238 Å². The highest BCUT2D eigenvalue weighted by Gasteiger charge is 2.40. The fourth-order valence-electron chi connectivity index (χ4n) is 9.52. The van der Waals surface area contributed by atoms with Crippen LogP contribution in [-0.2, 0) is 28.5 Å². The second-order valence-electron chi connectivity index (χ2n) is 18.9. The Hall–Kier alpha value is -1.22. The molecular weight excluding hydrogens is 725 g/mol. The van der Waals surface area contributed by atoms with Crippen LogP contribution in [0.4, 0.5) is 0 Å². The number of nitrogens with zero attached hydrogens (tertiary/aromatic N) is 2. The number of carbonyl (C=O) groups is 2. The Morgan fingerprint density at radius 2 is 0.983 bits per heavy atom. The summed E-state index contributed by atoms with van der Waals surface area (Å²) in [6.07, 6.45) is 37.7. The van der Waals surface area contributed by atoms with E-state index in [4.69, 9.17) is 18.9 Å². The molecule has 340 valence electrons. The zero-order valence-electron chi connectivity index (χ0n) is 38.6. The molecule has 3 fully saturated rings. The maximum atomic E-state index is 12.8. The SMILES string of the molecule is CCCCC1CCCCCCC(CCCC)CC(=O)OCCCCCCCCCCC2(CCCCCCCCCCOC(=O)C1)OCC(CCN1CCN(C)CC1)O2. The van der Waals surface area contributed by atoms with E-state index in [1.54, 1.807) is 0 Å². The highest BCUT2D eigenvalue weighted by molar-refractivity contribution is 5.70. The van der Waals surface area contributed by atoms with Gasteiger partial charge in [-0.05, 0) is 76.7 Å². The molecule has 0 N–H and O–H groups in total. The van der Waals surface area contributed by atoms with Crippen LogP contribution in [0.1, 0.15) is 226 Å². The topological polar surface area (TPSA) is 77.5 Å². The second-order valence-corrected chi connectivity index (χ2v) is 18.9. The van der Waals surface area contributed by atoms with Gasteiger partial charge in [-0.2, -0.15) is 0 Å². The third-order valence-corrected chi connectivity index (χ3v) is 13.5. The highest BCUT2D eigenvalue weighted by atomic mass is 16.7. The minimum atomic E-state index is -0.385. The largest absolute Gasteiger partial charge is 0.466 e. The number of cyclic esters (lactones) is 2. The Labute approximate surface area is 358 Å². The van der Waals surface area contributed by atoms with Crippen LogP contribution in [0.15, 0.2) is 0 Å². The summed E-state index contributed by atoms with van der Waals surface area (Å²) in [4.78, 5) is 30.6. The summed E-state index contributed by atoms with van der Waals surface area (Å²) in [5, 5.41) is 0. The van der Waals surface area contributed by atoms with Gasteiger partial charge in [0.2, 0.25) is 0 Å². The first-order valence-corrected chi connectivity index (χ1v) is 25.4. The van der Waals surface area contributed by atoms with Gasteiger partial charge < -0.3 is 28.7 Å². The molecule has 0 aliphatic carbocycles. The fourth-order valence-corrected chi connectivity index (χ4v) is 9.52. The Balaban J connectivity index is 1.44. The third-order valence-electron chi connectivity index (χ3n) is 13.5. The molecule has 3 heterocycles. The van der Waals surface area contributed by atoms with Crippen molar-refractivity contribution in [1.82, 2.24) is 9.80 Å². The predicted octanol–water partition coefficient (Wildman–Crippen LogP) is 12.6. The Bertz CT molecular complexity index is 947. The minimum Gasteiger partial charge on any atom is -0.466 e.